The lowest BCUT2D eigenvalue weighted by molar-refractivity contribution is -0.157. The van der Waals surface area contributed by atoms with E-state index in [9.17, 15) is 14.4 Å². The highest BCUT2D eigenvalue weighted by Crippen LogP contribution is 2.49. The molecule has 0 aliphatic carbocycles. The number of aryl methyl sites for hydroxylation is 1. The molecule has 3 heterocycles. The molecule has 11 nitrogen and oxygen atoms in total. The number of hydrogen-bond acceptors (Lipinski definition) is 9. The van der Waals surface area contributed by atoms with Gasteiger partial charge in [-0.1, -0.05) is 55.4 Å². The Morgan fingerprint density at radius 3 is 1.98 bits per heavy atom. The molecule has 2 aliphatic rings. The zero-order valence-electron chi connectivity index (χ0n) is 30.2. The Balaban J connectivity index is 2.21. The normalized spacial score (nSPS) is 25.5. The van der Waals surface area contributed by atoms with Crippen molar-refractivity contribution in [2.24, 2.45) is 5.41 Å². The molecule has 14 heteroatoms. The summed E-state index contributed by atoms with van der Waals surface area (Å²) in [7, 11) is -8.08. The predicted molar refractivity (Wildman–Crippen MR) is 181 cm³/mol. The summed E-state index contributed by atoms with van der Waals surface area (Å²) < 4.78 is 42.9. The van der Waals surface area contributed by atoms with Crippen LogP contribution in [0, 0.1) is 12.3 Å². The molecule has 0 N–H and O–H groups in total. The molecule has 45 heavy (non-hydrogen) atoms. The number of nitrogens with zero attached hydrogens (tertiary/aromatic N) is 2. The van der Waals surface area contributed by atoms with Crippen LogP contribution in [0.4, 0.5) is 0 Å². The molecular formula is C31H58N2O9Si3. The van der Waals surface area contributed by atoms with Crippen molar-refractivity contribution < 1.29 is 31.7 Å². The van der Waals surface area contributed by atoms with Crippen LogP contribution in [-0.2, 0) is 38.4 Å². The van der Waals surface area contributed by atoms with E-state index >= 15 is 0 Å². The predicted octanol–water partition coefficient (Wildman–Crippen LogP) is 5.94. The summed E-state index contributed by atoms with van der Waals surface area (Å²) in [6, 6.07) is 0. The molecule has 0 bridgehead atoms. The molecule has 0 saturated carbocycles. The third-order valence-electron chi connectivity index (χ3n) is 8.68. The Kier molecular flexibility index (Phi) is 11.5. The fraction of sp³-hybridized carbons (Fsp3) is 0.839. The van der Waals surface area contributed by atoms with E-state index in [0.29, 0.717) is 5.56 Å². The second-order valence-electron chi connectivity index (χ2n) is 15.9. The molecule has 0 unspecified atom stereocenters. The smallest absolute Gasteiger partial charge is 0.336 e. The number of hydrogen-bond donors (Lipinski definition) is 0. The van der Waals surface area contributed by atoms with Crippen LogP contribution in [0.15, 0.2) is 15.8 Å². The second-order valence-corrected chi connectivity index (χ2v) is 29.2. The van der Waals surface area contributed by atoms with Gasteiger partial charge in [-0.05, 0) is 69.5 Å². The first-order valence-corrected chi connectivity index (χ1v) is 23.7. The van der Waals surface area contributed by atoms with Crippen molar-refractivity contribution in [2.45, 2.75) is 156 Å². The summed E-state index contributed by atoms with van der Waals surface area (Å²) in [5.74, 6) is -0.519. The van der Waals surface area contributed by atoms with Gasteiger partial charge in [-0.15, -0.1) is 0 Å². The lowest BCUT2D eigenvalue weighted by Gasteiger charge is -2.51. The maximum Gasteiger partial charge on any atom is 0.336 e. The number of fused-ring (bicyclic) bond motifs is 1. The summed E-state index contributed by atoms with van der Waals surface area (Å²) in [5.41, 5.74) is -1.15. The maximum atomic E-state index is 14.0. The molecule has 0 radical (unpaired) electrons. The number of ether oxygens (including phenoxy) is 2. The first kappa shape index (κ1) is 38.1. The lowest BCUT2D eigenvalue weighted by Crippen LogP contribution is -2.66. The SMILES string of the molecule is Cc1cn([C@@H]2O[C@H]3CO[Si](C(C)C)(C(C)C)O[Si](C(C)C)(C(C)C)O[C@@H]3[C@H]2O[Si](C)(C)C)c(=O)n(COC(=O)C(C)(C)C)c1=O. The minimum Gasteiger partial charge on any atom is -0.443 e. The van der Waals surface area contributed by atoms with Crippen LogP contribution < -0.4 is 11.2 Å². The van der Waals surface area contributed by atoms with Gasteiger partial charge in [-0.3, -0.25) is 14.2 Å². The minimum absolute atomic E-state index is 0.0974. The van der Waals surface area contributed by atoms with Gasteiger partial charge in [0.25, 0.3) is 5.56 Å². The molecule has 3 rings (SSSR count). The van der Waals surface area contributed by atoms with Crippen molar-refractivity contribution in [3.63, 3.8) is 0 Å². The van der Waals surface area contributed by atoms with Gasteiger partial charge in [0, 0.05) is 11.8 Å². The number of rotatable bonds is 9. The summed E-state index contributed by atoms with van der Waals surface area (Å²) >= 11 is 0. The molecule has 1 aromatic heterocycles. The van der Waals surface area contributed by atoms with Crippen molar-refractivity contribution in [3.05, 3.63) is 32.6 Å². The van der Waals surface area contributed by atoms with Gasteiger partial charge in [0.2, 0.25) is 0 Å². The Hall–Kier alpha value is -1.40. The molecular weight excluding hydrogens is 629 g/mol. The monoisotopic (exact) mass is 686 g/mol. The van der Waals surface area contributed by atoms with Gasteiger partial charge in [0.15, 0.2) is 21.3 Å². The largest absolute Gasteiger partial charge is 0.443 e. The number of carbonyl (C=O) groups excluding carboxylic acids is 1. The summed E-state index contributed by atoms with van der Waals surface area (Å²) in [6.45, 7) is 30.0. The molecule has 2 fully saturated rings. The highest BCUT2D eigenvalue weighted by molar-refractivity contribution is 6.84. The van der Waals surface area contributed by atoms with Crippen molar-refractivity contribution in [1.29, 1.82) is 0 Å². The molecule has 258 valence electrons. The van der Waals surface area contributed by atoms with Gasteiger partial charge >= 0.3 is 28.8 Å². The quantitative estimate of drug-likeness (QED) is 0.230. The Morgan fingerprint density at radius 1 is 0.978 bits per heavy atom. The molecule has 0 aromatic carbocycles. The Morgan fingerprint density at radius 2 is 1.51 bits per heavy atom. The van der Waals surface area contributed by atoms with E-state index in [0.717, 1.165) is 4.57 Å². The van der Waals surface area contributed by atoms with Gasteiger partial charge < -0.3 is 26.9 Å². The fourth-order valence-corrected chi connectivity index (χ4v) is 18.5. The fourth-order valence-electron chi connectivity index (χ4n) is 6.27. The number of carbonyl (C=O) groups is 1. The second kappa shape index (κ2) is 13.6. The van der Waals surface area contributed by atoms with E-state index in [1.54, 1.807) is 27.7 Å². The highest BCUT2D eigenvalue weighted by atomic mass is 28.5. The average molecular weight is 687 g/mol. The Labute approximate surface area is 272 Å². The zero-order valence-corrected chi connectivity index (χ0v) is 33.2. The van der Waals surface area contributed by atoms with Crippen LogP contribution in [-0.4, -0.2) is 65.5 Å². The topological polar surface area (TPSA) is 116 Å². The summed E-state index contributed by atoms with van der Waals surface area (Å²) in [5, 5.41) is 0. The molecule has 0 spiro atoms. The average Bonchev–Trinajstić information content (AvgIpc) is 3.18. The molecule has 1 aromatic rings. The molecule has 2 saturated heterocycles. The van der Waals surface area contributed by atoms with Crippen molar-refractivity contribution in [2.75, 3.05) is 6.61 Å². The van der Waals surface area contributed by atoms with Crippen LogP contribution in [0.25, 0.3) is 0 Å². The summed E-state index contributed by atoms with van der Waals surface area (Å²) in [4.78, 5) is 39.7. The van der Waals surface area contributed by atoms with Crippen molar-refractivity contribution >= 4 is 31.4 Å². The van der Waals surface area contributed by atoms with Gasteiger partial charge in [0.1, 0.15) is 18.3 Å². The highest BCUT2D eigenvalue weighted by Gasteiger charge is 2.62. The maximum absolute atomic E-state index is 14.0. The van der Waals surface area contributed by atoms with Crippen LogP contribution in [0.5, 0.6) is 0 Å². The first-order chi connectivity index (χ1) is 20.5. The van der Waals surface area contributed by atoms with E-state index in [1.165, 1.54) is 10.8 Å². The number of esters is 1. The molecule has 4 atom stereocenters. The van der Waals surface area contributed by atoms with Gasteiger partial charge in [-0.2, -0.15) is 0 Å². The van der Waals surface area contributed by atoms with Crippen LogP contribution in [0.2, 0.25) is 41.8 Å². The minimum atomic E-state index is -3.01. The Bertz CT molecular complexity index is 1310. The molecule has 0 amide bonds. The van der Waals surface area contributed by atoms with E-state index in [-0.39, 0.29) is 28.8 Å². The van der Waals surface area contributed by atoms with E-state index in [2.05, 4.69) is 75.0 Å². The van der Waals surface area contributed by atoms with Gasteiger partial charge in [-0.25, -0.2) is 9.36 Å². The third kappa shape index (κ3) is 7.68. The molecule has 2 aliphatic heterocycles. The van der Waals surface area contributed by atoms with E-state index in [4.69, 9.17) is 26.9 Å². The van der Waals surface area contributed by atoms with Crippen LogP contribution in [0.1, 0.15) is 88.0 Å². The van der Waals surface area contributed by atoms with Crippen molar-refractivity contribution in [1.82, 2.24) is 9.13 Å². The van der Waals surface area contributed by atoms with Crippen LogP contribution in [0.3, 0.4) is 0 Å². The summed E-state index contributed by atoms with van der Waals surface area (Å²) in [6.07, 6.45) is -1.20. The lowest BCUT2D eigenvalue weighted by atomic mass is 9.98. The van der Waals surface area contributed by atoms with E-state index < -0.39 is 79.3 Å². The van der Waals surface area contributed by atoms with E-state index in [1.807, 2.05) is 0 Å². The first-order valence-electron chi connectivity index (χ1n) is 16.3. The van der Waals surface area contributed by atoms with Crippen LogP contribution >= 0.6 is 0 Å². The third-order valence-corrected chi connectivity index (χ3v) is 19.9. The zero-order chi connectivity index (χ0) is 34.4. The van der Waals surface area contributed by atoms with Crippen molar-refractivity contribution in [3.8, 4) is 0 Å². The standard InChI is InChI=1S/C31H58N2O9Si3/c1-19(2)44(20(3)4)38-17-24-25(41-45(42-44,21(5)6)22(7)8)26(40-43(13,14)15)28(39-24)32-16-23(9)27(34)33(30(32)36)18-37-29(35)31(10,11)12/h16,19-22,24-26,28H,17-18H2,1-15H3/t24-,25-,26+,28+/m0/s1. The number of aromatic nitrogens is 2. The van der Waals surface area contributed by atoms with Gasteiger partial charge in [0.05, 0.1) is 12.0 Å².